The number of primary amides is 1. The summed E-state index contributed by atoms with van der Waals surface area (Å²) in [6.45, 7) is 3.03. The summed E-state index contributed by atoms with van der Waals surface area (Å²) in [5, 5.41) is 16.3. The standard InChI is InChI=1S/C16H29N5O6S/c1-8(2)13(21-12(23)7-17)15(25)20-10(6-11(18)22)14(24)19-9(16(26)27)4-5-28-3/h8-10,13H,4-7,17H2,1-3H3,(H2,18,22)(H,19,24)(H,20,25)(H,21,23)(H,26,27). The van der Waals surface area contributed by atoms with Crippen molar-refractivity contribution in [1.82, 2.24) is 16.0 Å². The molecule has 3 atom stereocenters. The van der Waals surface area contributed by atoms with E-state index in [0.29, 0.717) is 5.75 Å². The second kappa shape index (κ2) is 12.9. The van der Waals surface area contributed by atoms with Gasteiger partial charge >= 0.3 is 5.97 Å². The van der Waals surface area contributed by atoms with E-state index in [9.17, 15) is 29.1 Å². The molecule has 0 aromatic heterocycles. The summed E-state index contributed by atoms with van der Waals surface area (Å²) in [5.41, 5.74) is 10.4. The number of nitrogens with two attached hydrogens (primary N) is 2. The maximum Gasteiger partial charge on any atom is 0.326 e. The van der Waals surface area contributed by atoms with Gasteiger partial charge in [-0.3, -0.25) is 19.2 Å². The Morgan fingerprint density at radius 1 is 1.00 bits per heavy atom. The second-order valence-corrected chi connectivity index (χ2v) is 7.39. The lowest BCUT2D eigenvalue weighted by molar-refractivity contribution is -0.142. The van der Waals surface area contributed by atoms with Gasteiger partial charge in [-0.1, -0.05) is 13.8 Å². The van der Waals surface area contributed by atoms with E-state index in [4.69, 9.17) is 11.5 Å². The SMILES string of the molecule is CSCCC(NC(=O)C(CC(N)=O)NC(=O)C(NC(=O)CN)C(C)C)C(=O)O. The van der Waals surface area contributed by atoms with Crippen molar-refractivity contribution in [3.05, 3.63) is 0 Å². The largest absolute Gasteiger partial charge is 0.480 e. The predicted octanol–water partition coefficient (Wildman–Crippen LogP) is -2.23. The number of carboxylic acids is 1. The van der Waals surface area contributed by atoms with Crippen molar-refractivity contribution in [2.45, 2.75) is 44.8 Å². The minimum absolute atomic E-state index is 0.167. The van der Waals surface area contributed by atoms with Crippen LogP contribution in [0.1, 0.15) is 26.7 Å². The first-order valence-electron chi connectivity index (χ1n) is 8.63. The lowest BCUT2D eigenvalue weighted by Crippen LogP contribution is -2.58. The fraction of sp³-hybridized carbons (Fsp3) is 0.688. The van der Waals surface area contributed by atoms with Gasteiger partial charge in [-0.15, -0.1) is 0 Å². The van der Waals surface area contributed by atoms with Crippen LogP contribution in [0.15, 0.2) is 0 Å². The van der Waals surface area contributed by atoms with Crippen LogP contribution in [0, 0.1) is 5.92 Å². The first-order chi connectivity index (χ1) is 13.0. The summed E-state index contributed by atoms with van der Waals surface area (Å²) in [6, 6.07) is -3.55. The fourth-order valence-electron chi connectivity index (χ4n) is 2.20. The van der Waals surface area contributed by atoms with Gasteiger partial charge in [0.05, 0.1) is 13.0 Å². The van der Waals surface area contributed by atoms with Crippen LogP contribution in [0.2, 0.25) is 0 Å². The number of aliphatic carboxylic acids is 1. The van der Waals surface area contributed by atoms with E-state index in [1.54, 1.807) is 20.1 Å². The maximum absolute atomic E-state index is 12.5. The molecule has 0 aliphatic carbocycles. The van der Waals surface area contributed by atoms with Crippen molar-refractivity contribution >= 4 is 41.4 Å². The molecule has 0 spiro atoms. The molecule has 160 valence electrons. The predicted molar refractivity (Wildman–Crippen MR) is 104 cm³/mol. The number of thioether (sulfide) groups is 1. The molecule has 11 nitrogen and oxygen atoms in total. The Labute approximate surface area is 167 Å². The van der Waals surface area contributed by atoms with E-state index in [0.717, 1.165) is 0 Å². The number of hydrogen-bond acceptors (Lipinski definition) is 7. The summed E-state index contributed by atoms with van der Waals surface area (Å²) < 4.78 is 0. The molecular formula is C16H29N5O6S. The van der Waals surface area contributed by atoms with Crippen molar-refractivity contribution in [2.24, 2.45) is 17.4 Å². The molecule has 0 heterocycles. The molecular weight excluding hydrogens is 390 g/mol. The molecule has 0 rings (SSSR count). The van der Waals surface area contributed by atoms with Crippen LogP contribution in [-0.2, 0) is 24.0 Å². The van der Waals surface area contributed by atoms with E-state index in [-0.39, 0.29) is 18.9 Å². The first-order valence-corrected chi connectivity index (χ1v) is 10.0. The Hall–Kier alpha value is -2.34. The average Bonchev–Trinajstić information content (AvgIpc) is 2.60. The molecule has 0 radical (unpaired) electrons. The van der Waals surface area contributed by atoms with Gasteiger partial charge in [-0.2, -0.15) is 11.8 Å². The monoisotopic (exact) mass is 419 g/mol. The van der Waals surface area contributed by atoms with Gasteiger partial charge in [0.2, 0.25) is 23.6 Å². The molecule has 0 bridgehead atoms. The van der Waals surface area contributed by atoms with Gasteiger partial charge in [0.1, 0.15) is 18.1 Å². The van der Waals surface area contributed by atoms with Crippen LogP contribution < -0.4 is 27.4 Å². The molecule has 0 aromatic rings. The number of nitrogens with one attached hydrogen (secondary N) is 3. The minimum Gasteiger partial charge on any atom is -0.480 e. The Kier molecular flexibility index (Phi) is 11.9. The number of carbonyl (C=O) groups excluding carboxylic acids is 4. The molecule has 8 N–H and O–H groups in total. The molecule has 12 heteroatoms. The number of amides is 4. The van der Waals surface area contributed by atoms with Gasteiger partial charge < -0.3 is 32.5 Å². The lowest BCUT2D eigenvalue weighted by atomic mass is 10.0. The molecule has 4 amide bonds. The zero-order valence-corrected chi connectivity index (χ0v) is 17.0. The maximum atomic E-state index is 12.5. The summed E-state index contributed by atoms with van der Waals surface area (Å²) in [5.74, 6) is -4.06. The summed E-state index contributed by atoms with van der Waals surface area (Å²) >= 11 is 1.41. The van der Waals surface area contributed by atoms with Gasteiger partial charge in [0.25, 0.3) is 0 Å². The van der Waals surface area contributed by atoms with E-state index in [1.165, 1.54) is 11.8 Å². The fourth-order valence-corrected chi connectivity index (χ4v) is 2.68. The molecule has 0 saturated carbocycles. The van der Waals surface area contributed by atoms with Gasteiger partial charge in [0.15, 0.2) is 0 Å². The highest BCUT2D eigenvalue weighted by Crippen LogP contribution is 2.05. The van der Waals surface area contributed by atoms with Gasteiger partial charge in [0, 0.05) is 0 Å². The first kappa shape index (κ1) is 25.7. The number of rotatable bonds is 13. The Balaban J connectivity index is 5.29. The highest BCUT2D eigenvalue weighted by atomic mass is 32.2. The lowest BCUT2D eigenvalue weighted by Gasteiger charge is -2.25. The Morgan fingerprint density at radius 3 is 2.00 bits per heavy atom. The van der Waals surface area contributed by atoms with Crippen molar-refractivity contribution in [3.8, 4) is 0 Å². The Bertz CT molecular complexity index is 586. The quantitative estimate of drug-likeness (QED) is 0.193. The third kappa shape index (κ3) is 9.55. The molecule has 0 aromatic carbocycles. The van der Waals surface area contributed by atoms with Crippen LogP contribution in [0.5, 0.6) is 0 Å². The summed E-state index contributed by atoms with van der Waals surface area (Å²) in [7, 11) is 0. The van der Waals surface area contributed by atoms with E-state index >= 15 is 0 Å². The highest BCUT2D eigenvalue weighted by Gasteiger charge is 2.31. The smallest absolute Gasteiger partial charge is 0.326 e. The number of hydrogen-bond donors (Lipinski definition) is 6. The van der Waals surface area contributed by atoms with Crippen molar-refractivity contribution < 1.29 is 29.1 Å². The van der Waals surface area contributed by atoms with Crippen LogP contribution in [0.4, 0.5) is 0 Å². The molecule has 0 aliphatic rings. The van der Waals surface area contributed by atoms with Gasteiger partial charge in [-0.05, 0) is 24.3 Å². The molecule has 3 unspecified atom stereocenters. The second-order valence-electron chi connectivity index (χ2n) is 6.41. The highest BCUT2D eigenvalue weighted by molar-refractivity contribution is 7.98. The molecule has 0 aliphatic heterocycles. The van der Waals surface area contributed by atoms with E-state index < -0.39 is 54.1 Å². The molecule has 28 heavy (non-hydrogen) atoms. The minimum atomic E-state index is -1.38. The van der Waals surface area contributed by atoms with Crippen molar-refractivity contribution in [1.29, 1.82) is 0 Å². The zero-order chi connectivity index (χ0) is 21.9. The molecule has 0 saturated heterocycles. The number of carbonyl (C=O) groups is 5. The van der Waals surface area contributed by atoms with Crippen molar-refractivity contribution in [2.75, 3.05) is 18.6 Å². The van der Waals surface area contributed by atoms with Crippen molar-refractivity contribution in [3.63, 3.8) is 0 Å². The zero-order valence-electron chi connectivity index (χ0n) is 16.2. The topological polar surface area (TPSA) is 194 Å². The summed E-state index contributed by atoms with van der Waals surface area (Å²) in [4.78, 5) is 59.1. The normalized spacial score (nSPS) is 13.9. The van der Waals surface area contributed by atoms with E-state index in [1.807, 2.05) is 0 Å². The van der Waals surface area contributed by atoms with Crippen LogP contribution in [0.3, 0.4) is 0 Å². The summed E-state index contributed by atoms with van der Waals surface area (Å²) in [6.07, 6.45) is 1.43. The average molecular weight is 420 g/mol. The van der Waals surface area contributed by atoms with E-state index in [2.05, 4.69) is 16.0 Å². The number of carboxylic acid groups (broad SMARTS) is 1. The van der Waals surface area contributed by atoms with Gasteiger partial charge in [-0.25, -0.2) is 4.79 Å². The van der Waals surface area contributed by atoms with Crippen LogP contribution >= 0.6 is 11.8 Å². The van der Waals surface area contributed by atoms with Crippen LogP contribution in [-0.4, -0.2) is 71.4 Å². The third-order valence-electron chi connectivity index (χ3n) is 3.71. The third-order valence-corrected chi connectivity index (χ3v) is 4.36. The molecule has 0 fully saturated rings. The Morgan fingerprint density at radius 2 is 1.57 bits per heavy atom. The van der Waals surface area contributed by atoms with Crippen LogP contribution in [0.25, 0.3) is 0 Å².